The quantitative estimate of drug-likeness (QED) is 0.184. The number of aryl methyl sites for hydroxylation is 1. The molecule has 6 rings (SSSR count). The summed E-state index contributed by atoms with van der Waals surface area (Å²) >= 11 is 0. The third kappa shape index (κ3) is 13.6. The molecule has 306 valence electrons. The third-order valence-electron chi connectivity index (χ3n) is 10.8. The van der Waals surface area contributed by atoms with E-state index in [0.29, 0.717) is 25.1 Å². The van der Waals surface area contributed by atoms with Crippen molar-refractivity contribution in [2.24, 2.45) is 0 Å². The van der Waals surface area contributed by atoms with Crippen LogP contribution in [0, 0.1) is 0 Å². The molecule has 0 atom stereocenters. The molecule has 3 saturated heterocycles. The van der Waals surface area contributed by atoms with Gasteiger partial charge >= 0.3 is 23.9 Å². The number of hydrogen-bond donors (Lipinski definition) is 4. The molecule has 0 bridgehead atoms. The zero-order chi connectivity index (χ0) is 40.5. The van der Waals surface area contributed by atoms with Gasteiger partial charge in [0, 0.05) is 42.8 Å². The largest absolute Gasteiger partial charge is 0.494 e. The van der Waals surface area contributed by atoms with Crippen molar-refractivity contribution < 1.29 is 53.9 Å². The number of unbranched alkanes of at least 4 members (excludes halogenated alkanes) is 3. The van der Waals surface area contributed by atoms with Crippen molar-refractivity contribution in [2.45, 2.75) is 95.6 Å². The molecule has 0 aromatic heterocycles. The van der Waals surface area contributed by atoms with Crippen LogP contribution in [-0.4, -0.2) is 135 Å². The van der Waals surface area contributed by atoms with Gasteiger partial charge in [-0.3, -0.25) is 9.59 Å². The molecule has 15 heteroatoms. The van der Waals surface area contributed by atoms with E-state index in [1.807, 2.05) is 46.2 Å². The van der Waals surface area contributed by atoms with E-state index in [0.717, 1.165) is 49.8 Å². The number of nitrogens with zero attached hydrogens (tertiary/aromatic N) is 4. The Balaban J connectivity index is 0.000000505. The molecule has 2 aromatic carbocycles. The first-order valence-corrected chi connectivity index (χ1v) is 19.8. The highest BCUT2D eigenvalue weighted by atomic mass is 16.5. The lowest BCUT2D eigenvalue weighted by Gasteiger charge is -2.41. The highest BCUT2D eigenvalue weighted by Gasteiger charge is 2.34. The van der Waals surface area contributed by atoms with Crippen molar-refractivity contribution >= 4 is 41.4 Å². The van der Waals surface area contributed by atoms with Gasteiger partial charge in [-0.15, -0.1) is 0 Å². The van der Waals surface area contributed by atoms with Crippen LogP contribution >= 0.6 is 0 Å². The molecule has 0 spiro atoms. The fraction of sp³-hybridized carbons (Fsp3) is 0.561. The molecule has 56 heavy (non-hydrogen) atoms. The van der Waals surface area contributed by atoms with Gasteiger partial charge in [-0.05, 0) is 126 Å². The number of anilines is 1. The predicted molar refractivity (Wildman–Crippen MR) is 207 cm³/mol. The molecule has 4 aliphatic heterocycles. The van der Waals surface area contributed by atoms with Gasteiger partial charge in [-0.25, -0.2) is 19.2 Å². The Hall–Kier alpha value is -5.02. The molecule has 0 unspecified atom stereocenters. The molecule has 15 nitrogen and oxygen atoms in total. The lowest BCUT2D eigenvalue weighted by molar-refractivity contribution is -0.159. The Bertz CT molecular complexity index is 1570. The third-order valence-corrected chi connectivity index (χ3v) is 10.8. The summed E-state index contributed by atoms with van der Waals surface area (Å²) in [5.41, 5.74) is 3.01. The van der Waals surface area contributed by atoms with Gasteiger partial charge in [0.2, 0.25) is 5.91 Å². The molecule has 4 heterocycles. The Morgan fingerprint density at radius 2 is 1.20 bits per heavy atom. The predicted octanol–water partition coefficient (Wildman–Crippen LogP) is 4.47. The summed E-state index contributed by atoms with van der Waals surface area (Å²) < 4.78 is 5.99. The van der Waals surface area contributed by atoms with Gasteiger partial charge in [-0.2, -0.15) is 0 Å². The number of carboxylic acid groups (broad SMARTS) is 4. The van der Waals surface area contributed by atoms with Crippen LogP contribution in [0.1, 0.15) is 93.0 Å². The maximum absolute atomic E-state index is 13.2. The van der Waals surface area contributed by atoms with Crippen LogP contribution in [-0.2, 0) is 30.4 Å². The SMILES string of the molecule is O=C(O)C(=O)O.O=C(O)C(=O)O.O=C(c1ccc(OCCCCCCN2CCC(N3CCCCC3)CC2)cc1)N1CCC(N2C(=O)CCc3ccccc32)CC1. The van der Waals surface area contributed by atoms with Gasteiger partial charge in [0.05, 0.1) is 6.61 Å². The van der Waals surface area contributed by atoms with Crippen molar-refractivity contribution in [3.63, 3.8) is 0 Å². The highest BCUT2D eigenvalue weighted by Crippen LogP contribution is 2.32. The number of carbonyl (C=O) groups excluding carboxylic acids is 2. The second-order valence-electron chi connectivity index (χ2n) is 14.6. The Morgan fingerprint density at radius 1 is 0.625 bits per heavy atom. The van der Waals surface area contributed by atoms with Crippen LogP contribution in [0.5, 0.6) is 5.75 Å². The number of carbonyl (C=O) groups is 6. The van der Waals surface area contributed by atoms with Crippen LogP contribution < -0.4 is 9.64 Å². The fourth-order valence-electron chi connectivity index (χ4n) is 7.83. The number of aliphatic carboxylic acids is 4. The monoisotopic (exact) mass is 780 g/mol. The normalized spacial score (nSPS) is 18.0. The van der Waals surface area contributed by atoms with Gasteiger partial charge in [0.25, 0.3) is 5.91 Å². The molecule has 0 radical (unpaired) electrons. The Labute approximate surface area is 327 Å². The number of likely N-dealkylation sites (tertiary alicyclic amines) is 3. The molecule has 4 aliphatic rings. The highest BCUT2D eigenvalue weighted by molar-refractivity contribution is 6.27. The van der Waals surface area contributed by atoms with Crippen LogP contribution in [0.25, 0.3) is 0 Å². The van der Waals surface area contributed by atoms with Crippen molar-refractivity contribution in [2.75, 3.05) is 57.3 Å². The molecule has 3 fully saturated rings. The summed E-state index contributed by atoms with van der Waals surface area (Å²) in [6.45, 7) is 8.51. The topological polar surface area (TPSA) is 206 Å². The summed E-state index contributed by atoms with van der Waals surface area (Å²) in [6.07, 6.45) is 14.8. The minimum absolute atomic E-state index is 0.0658. The van der Waals surface area contributed by atoms with Crippen molar-refractivity contribution in [3.05, 3.63) is 59.7 Å². The number of rotatable bonds is 11. The van der Waals surface area contributed by atoms with Crippen LogP contribution in [0.4, 0.5) is 5.69 Å². The number of carboxylic acids is 4. The van der Waals surface area contributed by atoms with E-state index < -0.39 is 23.9 Å². The van der Waals surface area contributed by atoms with Crippen molar-refractivity contribution in [1.29, 1.82) is 0 Å². The smallest absolute Gasteiger partial charge is 0.414 e. The number of amides is 2. The molecule has 0 saturated carbocycles. The second kappa shape index (κ2) is 22.5. The summed E-state index contributed by atoms with van der Waals surface area (Å²) in [5, 5.41) is 29.6. The number of piperidine rings is 3. The first-order valence-electron chi connectivity index (χ1n) is 19.8. The van der Waals surface area contributed by atoms with Crippen LogP contribution in [0.3, 0.4) is 0 Å². The zero-order valence-electron chi connectivity index (χ0n) is 32.1. The molecular formula is C41H56N4O11. The Morgan fingerprint density at radius 3 is 1.80 bits per heavy atom. The standard InChI is InChI=1S/C37H52N4O3.2C2H2O4/c42-36-17-14-30-10-4-5-11-35(30)41(36)33-20-27-40(28-21-33)37(43)31-12-15-34(16-13-31)44-29-9-2-1-6-22-38-25-18-32(19-26-38)39-23-7-3-8-24-39;2*3-1(4)2(5)6/h4-5,10-13,15-16,32-33H,1-3,6-9,14,17-29H2;2*(H,3,4)(H,5,6). The molecule has 2 aromatic rings. The second-order valence-corrected chi connectivity index (χ2v) is 14.6. The number of ether oxygens (including phenoxy) is 1. The molecule has 2 amide bonds. The molecule has 0 aliphatic carbocycles. The minimum atomic E-state index is -1.82. The van der Waals surface area contributed by atoms with Crippen LogP contribution in [0.2, 0.25) is 0 Å². The zero-order valence-corrected chi connectivity index (χ0v) is 32.1. The number of fused-ring (bicyclic) bond motifs is 1. The van der Waals surface area contributed by atoms with E-state index >= 15 is 0 Å². The summed E-state index contributed by atoms with van der Waals surface area (Å²) in [4.78, 5) is 71.8. The van der Waals surface area contributed by atoms with Gasteiger partial charge in [0.15, 0.2) is 0 Å². The molecule has 4 N–H and O–H groups in total. The van der Waals surface area contributed by atoms with E-state index in [4.69, 9.17) is 44.3 Å². The first kappa shape index (κ1) is 43.7. The average molecular weight is 781 g/mol. The van der Waals surface area contributed by atoms with Gasteiger partial charge in [-0.1, -0.05) is 37.5 Å². The summed E-state index contributed by atoms with van der Waals surface area (Å²) in [5.74, 6) is -6.19. The van der Waals surface area contributed by atoms with E-state index in [2.05, 4.69) is 21.9 Å². The average Bonchev–Trinajstić information content (AvgIpc) is 3.21. The van der Waals surface area contributed by atoms with Crippen molar-refractivity contribution in [1.82, 2.24) is 14.7 Å². The number of benzene rings is 2. The minimum Gasteiger partial charge on any atom is -0.494 e. The maximum atomic E-state index is 13.2. The molecular weight excluding hydrogens is 724 g/mol. The Kier molecular flexibility index (Phi) is 17.6. The summed E-state index contributed by atoms with van der Waals surface area (Å²) in [7, 11) is 0. The van der Waals surface area contributed by atoms with E-state index in [1.54, 1.807) is 0 Å². The van der Waals surface area contributed by atoms with E-state index in [9.17, 15) is 9.59 Å². The van der Waals surface area contributed by atoms with E-state index in [1.165, 1.54) is 89.7 Å². The van der Waals surface area contributed by atoms with Gasteiger partial charge in [0.1, 0.15) is 5.75 Å². The number of hydrogen-bond acceptors (Lipinski definition) is 9. The maximum Gasteiger partial charge on any atom is 0.414 e. The number of para-hydroxylation sites is 1. The lowest BCUT2D eigenvalue weighted by Crippen LogP contribution is -2.50. The van der Waals surface area contributed by atoms with E-state index in [-0.39, 0.29) is 17.9 Å². The first-order chi connectivity index (χ1) is 26.9. The fourth-order valence-corrected chi connectivity index (χ4v) is 7.83. The van der Waals surface area contributed by atoms with Crippen molar-refractivity contribution in [3.8, 4) is 5.75 Å². The lowest BCUT2D eigenvalue weighted by atomic mass is 9.95. The van der Waals surface area contributed by atoms with Gasteiger partial charge < -0.3 is 44.8 Å². The van der Waals surface area contributed by atoms with Crippen LogP contribution in [0.15, 0.2) is 48.5 Å². The summed E-state index contributed by atoms with van der Waals surface area (Å²) in [6, 6.07) is 16.9.